The van der Waals surface area contributed by atoms with E-state index in [0.717, 1.165) is 15.6 Å². The summed E-state index contributed by atoms with van der Waals surface area (Å²) in [7, 11) is 0. The van der Waals surface area contributed by atoms with Crippen LogP contribution in [0.25, 0.3) is 0 Å². The number of halogens is 2. The van der Waals surface area contributed by atoms with Gasteiger partial charge in [0.05, 0.1) is 11.3 Å². The number of hydrogen-bond donors (Lipinski definition) is 1. The van der Waals surface area contributed by atoms with E-state index < -0.39 is 5.97 Å². The highest BCUT2D eigenvalue weighted by Crippen LogP contribution is 2.37. The number of carbonyl (C=O) groups is 1. The van der Waals surface area contributed by atoms with Gasteiger partial charge < -0.3 is 9.84 Å². The Morgan fingerprint density at radius 3 is 2.41 bits per heavy atom. The van der Waals surface area contributed by atoms with Gasteiger partial charge in [-0.15, -0.1) is 0 Å². The van der Waals surface area contributed by atoms with Gasteiger partial charge in [-0.1, -0.05) is 67.0 Å². The van der Waals surface area contributed by atoms with Crippen molar-refractivity contribution in [3.05, 3.63) is 75.7 Å². The summed E-state index contributed by atoms with van der Waals surface area (Å²) < 4.78 is 7.19. The molecule has 5 nitrogen and oxygen atoms in total. The van der Waals surface area contributed by atoms with E-state index in [0.29, 0.717) is 21.4 Å². The number of ether oxygens (including phenoxy) is 1. The van der Waals surface area contributed by atoms with Crippen LogP contribution in [-0.2, 0) is 18.1 Å². The van der Waals surface area contributed by atoms with E-state index in [4.69, 9.17) is 27.9 Å². The molecule has 0 atom stereocenters. The van der Waals surface area contributed by atoms with Crippen molar-refractivity contribution in [3.63, 3.8) is 0 Å². The molecular formula is C21H20Cl2N2O3S. The molecule has 0 aliphatic carbocycles. The van der Waals surface area contributed by atoms with Crippen molar-refractivity contribution in [2.75, 3.05) is 0 Å². The number of aromatic nitrogens is 2. The normalized spacial score (nSPS) is 11.1. The quantitative estimate of drug-likeness (QED) is 0.462. The highest BCUT2D eigenvalue weighted by atomic mass is 35.5. The van der Waals surface area contributed by atoms with Gasteiger partial charge in [0.1, 0.15) is 17.5 Å². The van der Waals surface area contributed by atoms with Crippen LogP contribution in [-0.4, -0.2) is 20.6 Å². The standard InChI is InChI=1S/C21H20Cl2N2O3S/c1-13(2)19-20(29-17-9-15(22)8-16(23)10-17)25(18(11-26)24-19)12-28-21(27)14-6-4-3-5-7-14/h3-10,13,26H,11-12H2,1-2H3. The predicted molar refractivity (Wildman–Crippen MR) is 115 cm³/mol. The van der Waals surface area contributed by atoms with E-state index in [1.165, 1.54) is 11.8 Å². The third kappa shape index (κ3) is 5.34. The van der Waals surface area contributed by atoms with E-state index in [2.05, 4.69) is 4.98 Å². The van der Waals surface area contributed by atoms with Crippen LogP contribution in [0.5, 0.6) is 0 Å². The zero-order valence-electron chi connectivity index (χ0n) is 15.9. The van der Waals surface area contributed by atoms with Crippen LogP contribution in [0.15, 0.2) is 58.5 Å². The molecule has 1 N–H and O–H groups in total. The van der Waals surface area contributed by atoms with Crippen molar-refractivity contribution in [2.24, 2.45) is 0 Å². The first-order valence-corrected chi connectivity index (χ1v) is 10.5. The summed E-state index contributed by atoms with van der Waals surface area (Å²) >= 11 is 13.7. The fourth-order valence-electron chi connectivity index (χ4n) is 2.72. The van der Waals surface area contributed by atoms with E-state index in [1.807, 2.05) is 19.9 Å². The molecule has 1 heterocycles. The van der Waals surface area contributed by atoms with Crippen LogP contribution in [0.3, 0.4) is 0 Å². The Morgan fingerprint density at radius 2 is 1.83 bits per heavy atom. The first-order chi connectivity index (χ1) is 13.9. The molecule has 0 aliphatic rings. The van der Waals surface area contributed by atoms with E-state index in [9.17, 15) is 9.90 Å². The Kier molecular flexibility index (Phi) is 7.24. The number of carbonyl (C=O) groups excluding carboxylic acids is 1. The lowest BCUT2D eigenvalue weighted by Gasteiger charge is -2.13. The van der Waals surface area contributed by atoms with Crippen molar-refractivity contribution in [2.45, 2.75) is 43.0 Å². The summed E-state index contributed by atoms with van der Waals surface area (Å²) in [5.74, 6) is 0.0738. The maximum atomic E-state index is 12.4. The molecule has 3 aromatic rings. The number of esters is 1. The zero-order valence-corrected chi connectivity index (χ0v) is 18.3. The largest absolute Gasteiger partial charge is 0.440 e. The Hall–Kier alpha value is -1.99. The average molecular weight is 451 g/mol. The topological polar surface area (TPSA) is 64.3 Å². The third-order valence-corrected chi connectivity index (χ3v) is 5.63. The van der Waals surface area contributed by atoms with Gasteiger partial charge in [-0.05, 0) is 36.2 Å². The molecule has 8 heteroatoms. The fraction of sp³-hybridized carbons (Fsp3) is 0.238. The van der Waals surface area contributed by atoms with Gasteiger partial charge in [-0.2, -0.15) is 0 Å². The Morgan fingerprint density at radius 1 is 1.17 bits per heavy atom. The molecule has 29 heavy (non-hydrogen) atoms. The van der Waals surface area contributed by atoms with Crippen molar-refractivity contribution in [1.82, 2.24) is 9.55 Å². The number of benzene rings is 2. The summed E-state index contributed by atoms with van der Waals surface area (Å²) in [5.41, 5.74) is 1.25. The molecule has 0 saturated heterocycles. The predicted octanol–water partition coefficient (Wildman–Crippen LogP) is 5.77. The highest BCUT2D eigenvalue weighted by molar-refractivity contribution is 7.99. The number of rotatable bonds is 7. The van der Waals surface area contributed by atoms with Crippen LogP contribution in [0, 0.1) is 0 Å². The molecule has 0 amide bonds. The average Bonchev–Trinajstić information content (AvgIpc) is 3.03. The van der Waals surface area contributed by atoms with Crippen molar-refractivity contribution < 1.29 is 14.6 Å². The first-order valence-electron chi connectivity index (χ1n) is 8.95. The first kappa shape index (κ1) is 21.7. The number of imidazole rings is 1. The van der Waals surface area contributed by atoms with E-state index in [-0.39, 0.29) is 19.3 Å². The van der Waals surface area contributed by atoms with Crippen LogP contribution in [0.1, 0.15) is 41.6 Å². The Labute approximate surface area is 183 Å². The minimum atomic E-state index is -0.448. The SMILES string of the molecule is CC(C)c1nc(CO)n(COC(=O)c2ccccc2)c1Sc1cc(Cl)cc(Cl)c1. The molecule has 2 aromatic carbocycles. The monoisotopic (exact) mass is 450 g/mol. The van der Waals surface area contributed by atoms with Crippen LogP contribution in [0.4, 0.5) is 0 Å². The summed E-state index contributed by atoms with van der Waals surface area (Å²) in [6.45, 7) is 3.68. The molecule has 0 spiro atoms. The highest BCUT2D eigenvalue weighted by Gasteiger charge is 2.21. The molecule has 0 bridgehead atoms. The molecular weight excluding hydrogens is 431 g/mol. The molecule has 0 fully saturated rings. The van der Waals surface area contributed by atoms with E-state index in [1.54, 1.807) is 47.0 Å². The van der Waals surface area contributed by atoms with Crippen molar-refractivity contribution in [3.8, 4) is 0 Å². The fourth-order valence-corrected chi connectivity index (χ4v) is 4.62. The lowest BCUT2D eigenvalue weighted by atomic mass is 10.2. The number of aliphatic hydroxyl groups excluding tert-OH is 1. The molecule has 0 saturated carbocycles. The van der Waals surface area contributed by atoms with Crippen LogP contribution in [0.2, 0.25) is 10.0 Å². The molecule has 0 unspecified atom stereocenters. The Balaban J connectivity index is 1.93. The Bertz CT molecular complexity index is 986. The smallest absolute Gasteiger partial charge is 0.339 e. The summed E-state index contributed by atoms with van der Waals surface area (Å²) in [6, 6.07) is 14.0. The number of aliphatic hydroxyl groups is 1. The summed E-state index contributed by atoms with van der Waals surface area (Å²) in [4.78, 5) is 17.7. The van der Waals surface area contributed by atoms with Crippen LogP contribution < -0.4 is 0 Å². The second-order valence-electron chi connectivity index (χ2n) is 6.59. The summed E-state index contributed by atoms with van der Waals surface area (Å²) in [5, 5.41) is 11.6. The third-order valence-electron chi connectivity index (χ3n) is 4.10. The van der Waals surface area contributed by atoms with Crippen molar-refractivity contribution in [1.29, 1.82) is 0 Å². The van der Waals surface area contributed by atoms with Crippen LogP contribution >= 0.6 is 35.0 Å². The van der Waals surface area contributed by atoms with Gasteiger partial charge in [0.15, 0.2) is 6.73 Å². The van der Waals surface area contributed by atoms with Gasteiger partial charge >= 0.3 is 5.97 Å². The molecule has 0 aliphatic heterocycles. The minimum Gasteiger partial charge on any atom is -0.440 e. The van der Waals surface area contributed by atoms with Gasteiger partial charge in [0.25, 0.3) is 0 Å². The van der Waals surface area contributed by atoms with Crippen molar-refractivity contribution >= 4 is 40.9 Å². The second kappa shape index (κ2) is 9.67. The molecule has 0 radical (unpaired) electrons. The maximum absolute atomic E-state index is 12.4. The lowest BCUT2D eigenvalue weighted by molar-refractivity contribution is 0.0345. The second-order valence-corrected chi connectivity index (χ2v) is 8.53. The minimum absolute atomic E-state index is 0.0695. The van der Waals surface area contributed by atoms with Gasteiger partial charge in [0, 0.05) is 14.9 Å². The molecule has 152 valence electrons. The lowest BCUT2D eigenvalue weighted by Crippen LogP contribution is -2.13. The number of nitrogens with zero attached hydrogens (tertiary/aromatic N) is 2. The summed E-state index contributed by atoms with van der Waals surface area (Å²) in [6.07, 6.45) is 0. The zero-order chi connectivity index (χ0) is 21.0. The maximum Gasteiger partial charge on any atom is 0.339 e. The van der Waals surface area contributed by atoms with Gasteiger partial charge in [0.2, 0.25) is 0 Å². The van der Waals surface area contributed by atoms with Gasteiger partial charge in [-0.3, -0.25) is 4.57 Å². The van der Waals surface area contributed by atoms with Gasteiger partial charge in [-0.25, -0.2) is 9.78 Å². The number of hydrogen-bond acceptors (Lipinski definition) is 5. The molecule has 1 aromatic heterocycles. The molecule has 3 rings (SSSR count). The van der Waals surface area contributed by atoms with E-state index >= 15 is 0 Å².